The Morgan fingerprint density at radius 3 is 2.21 bits per heavy atom. The number of aliphatic carboxylic acids is 2. The molecule has 2 saturated heterocycles. The van der Waals surface area contributed by atoms with Crippen LogP contribution in [0.5, 0.6) is 0 Å². The van der Waals surface area contributed by atoms with Crippen molar-refractivity contribution >= 4 is 17.7 Å². The normalized spacial score (nSPS) is 27.4. The summed E-state index contributed by atoms with van der Waals surface area (Å²) in [7, 11) is 0. The third-order valence-electron chi connectivity index (χ3n) is 5.67. The van der Waals surface area contributed by atoms with Gasteiger partial charge in [-0.15, -0.1) is 0 Å². The molecule has 7 nitrogen and oxygen atoms in total. The van der Waals surface area contributed by atoms with Crippen LogP contribution in [-0.2, 0) is 9.59 Å². The van der Waals surface area contributed by atoms with E-state index in [1.165, 1.54) is 0 Å². The maximum Gasteiger partial charge on any atom is 0.320 e. The summed E-state index contributed by atoms with van der Waals surface area (Å²) in [5, 5.41) is 20.8. The van der Waals surface area contributed by atoms with Crippen molar-refractivity contribution in [3.05, 3.63) is 35.9 Å². The van der Waals surface area contributed by atoms with Gasteiger partial charge in [0.1, 0.15) is 12.1 Å². The predicted octanol–water partition coefficient (Wildman–Crippen LogP) is 2.51. The van der Waals surface area contributed by atoms with E-state index in [9.17, 15) is 19.5 Å². The molecule has 160 valence electrons. The summed E-state index contributed by atoms with van der Waals surface area (Å²) in [4.78, 5) is 35.6. The number of hydrogen-bond acceptors (Lipinski definition) is 5. The molecule has 0 saturated carbocycles. The van der Waals surface area contributed by atoms with Crippen LogP contribution in [0.15, 0.2) is 30.3 Å². The lowest BCUT2D eigenvalue weighted by atomic mass is 9.92. The number of hydrogen-bond donors (Lipinski definition) is 3. The van der Waals surface area contributed by atoms with Gasteiger partial charge in [-0.05, 0) is 50.6 Å². The van der Waals surface area contributed by atoms with E-state index in [1.807, 2.05) is 18.2 Å². The zero-order valence-electron chi connectivity index (χ0n) is 17.2. The van der Waals surface area contributed by atoms with Crippen LogP contribution in [0.1, 0.15) is 49.9 Å². The molecule has 0 aliphatic carbocycles. The molecular formula is C22H32N2O5. The molecule has 0 radical (unpaired) electrons. The zero-order valence-corrected chi connectivity index (χ0v) is 17.2. The maximum atomic E-state index is 12.1. The molecule has 0 bridgehead atoms. The van der Waals surface area contributed by atoms with Crippen molar-refractivity contribution in [1.82, 2.24) is 10.2 Å². The maximum absolute atomic E-state index is 12.1. The number of nitrogens with zero attached hydrogens (tertiary/aromatic N) is 1. The van der Waals surface area contributed by atoms with Crippen LogP contribution in [0.25, 0.3) is 0 Å². The molecule has 0 spiro atoms. The van der Waals surface area contributed by atoms with Crippen LogP contribution < -0.4 is 5.32 Å². The molecule has 0 aromatic heterocycles. The highest BCUT2D eigenvalue weighted by atomic mass is 16.4. The molecule has 29 heavy (non-hydrogen) atoms. The number of rotatable bonds is 5. The van der Waals surface area contributed by atoms with Crippen LogP contribution in [0, 0.1) is 11.8 Å². The molecule has 2 fully saturated rings. The molecular weight excluding hydrogens is 372 g/mol. The first kappa shape index (κ1) is 23.0. The van der Waals surface area contributed by atoms with E-state index in [2.05, 4.69) is 19.2 Å². The molecule has 0 amide bonds. The quantitative estimate of drug-likeness (QED) is 0.647. The second-order valence-electron chi connectivity index (χ2n) is 8.22. The molecule has 4 unspecified atom stereocenters. The first-order valence-electron chi connectivity index (χ1n) is 10.3. The highest BCUT2D eigenvalue weighted by Gasteiger charge is 2.32. The number of carboxylic acids is 2. The van der Waals surface area contributed by atoms with E-state index in [1.54, 1.807) is 17.0 Å². The van der Waals surface area contributed by atoms with Gasteiger partial charge in [-0.25, -0.2) is 0 Å². The van der Waals surface area contributed by atoms with Gasteiger partial charge in [0.25, 0.3) is 0 Å². The second-order valence-corrected chi connectivity index (χ2v) is 8.22. The number of carbonyl (C=O) groups is 3. The lowest BCUT2D eigenvalue weighted by Crippen LogP contribution is -2.48. The molecule has 2 aliphatic heterocycles. The van der Waals surface area contributed by atoms with Gasteiger partial charge in [-0.1, -0.05) is 44.2 Å². The average Bonchev–Trinajstić information content (AvgIpc) is 2.70. The molecule has 1 aromatic carbocycles. The van der Waals surface area contributed by atoms with E-state index < -0.39 is 18.0 Å². The number of carboxylic acid groups (broad SMARTS) is 2. The van der Waals surface area contributed by atoms with Gasteiger partial charge in [0, 0.05) is 5.56 Å². The SMILES string of the molecule is CC1CCN(CC(=O)c2ccccc2)C(C(=O)O)C1.CC1CCNC(C(=O)O)C1. The standard InChI is InChI=1S/C15H19NO3.C7H13NO2/c1-11-7-8-16(13(9-11)15(18)19)10-14(17)12-5-3-2-4-6-12;1-5-2-3-8-6(4-5)7(9)10/h2-6,11,13H,7-10H2,1H3,(H,18,19);5-6,8H,2-4H2,1H3,(H,9,10). The largest absolute Gasteiger partial charge is 0.480 e. The van der Waals surface area contributed by atoms with Crippen LogP contribution >= 0.6 is 0 Å². The summed E-state index contributed by atoms with van der Waals surface area (Å²) < 4.78 is 0. The number of ketones is 1. The Balaban J connectivity index is 0.000000253. The summed E-state index contributed by atoms with van der Waals surface area (Å²) in [5.41, 5.74) is 0.644. The summed E-state index contributed by atoms with van der Waals surface area (Å²) in [6.07, 6.45) is 3.45. The molecule has 3 N–H and O–H groups in total. The molecule has 2 aliphatic rings. The Hall–Kier alpha value is -2.25. The molecule has 7 heteroatoms. The zero-order chi connectivity index (χ0) is 21.4. The van der Waals surface area contributed by atoms with Crippen LogP contribution in [0.3, 0.4) is 0 Å². The monoisotopic (exact) mass is 404 g/mol. The molecule has 2 heterocycles. The Labute approximate surface area is 172 Å². The smallest absolute Gasteiger partial charge is 0.320 e. The van der Waals surface area contributed by atoms with Gasteiger partial charge < -0.3 is 15.5 Å². The number of carbonyl (C=O) groups excluding carboxylic acids is 1. The first-order chi connectivity index (χ1) is 13.8. The van der Waals surface area contributed by atoms with Gasteiger partial charge in [0.2, 0.25) is 0 Å². The molecule has 1 aromatic rings. The van der Waals surface area contributed by atoms with Crippen LogP contribution in [0.4, 0.5) is 0 Å². The van der Waals surface area contributed by atoms with Gasteiger partial charge in [0.15, 0.2) is 5.78 Å². The van der Waals surface area contributed by atoms with Crippen molar-refractivity contribution < 1.29 is 24.6 Å². The minimum absolute atomic E-state index is 0.0126. The fraction of sp³-hybridized carbons (Fsp3) is 0.591. The Bertz CT molecular complexity index is 694. The highest BCUT2D eigenvalue weighted by Crippen LogP contribution is 2.23. The van der Waals surface area contributed by atoms with Crippen molar-refractivity contribution in [2.24, 2.45) is 11.8 Å². The predicted molar refractivity (Wildman–Crippen MR) is 110 cm³/mol. The lowest BCUT2D eigenvalue weighted by Gasteiger charge is -2.35. The summed E-state index contributed by atoms with van der Waals surface area (Å²) >= 11 is 0. The van der Waals surface area contributed by atoms with E-state index in [0.29, 0.717) is 30.4 Å². The highest BCUT2D eigenvalue weighted by molar-refractivity contribution is 5.97. The summed E-state index contributed by atoms with van der Waals surface area (Å²) in [6, 6.07) is 8.20. The van der Waals surface area contributed by atoms with Crippen LogP contribution in [-0.4, -0.2) is 64.6 Å². The van der Waals surface area contributed by atoms with Gasteiger partial charge in [-0.2, -0.15) is 0 Å². The number of piperidine rings is 2. The van der Waals surface area contributed by atoms with E-state index >= 15 is 0 Å². The van der Waals surface area contributed by atoms with Crippen molar-refractivity contribution in [3.63, 3.8) is 0 Å². The van der Waals surface area contributed by atoms with Crippen molar-refractivity contribution in [2.75, 3.05) is 19.6 Å². The van der Waals surface area contributed by atoms with Crippen molar-refractivity contribution in [1.29, 1.82) is 0 Å². The Morgan fingerprint density at radius 1 is 1.00 bits per heavy atom. The fourth-order valence-corrected chi connectivity index (χ4v) is 3.83. The van der Waals surface area contributed by atoms with Gasteiger partial charge in [0.05, 0.1) is 6.54 Å². The van der Waals surface area contributed by atoms with E-state index in [-0.39, 0.29) is 18.4 Å². The molecule has 4 atom stereocenters. The first-order valence-corrected chi connectivity index (χ1v) is 10.3. The van der Waals surface area contributed by atoms with Crippen LogP contribution in [0.2, 0.25) is 0 Å². The number of benzene rings is 1. The number of likely N-dealkylation sites (tertiary alicyclic amines) is 1. The topological polar surface area (TPSA) is 107 Å². The summed E-state index contributed by atoms with van der Waals surface area (Å²) in [5.74, 6) is -0.591. The van der Waals surface area contributed by atoms with E-state index in [4.69, 9.17) is 5.11 Å². The molecule has 3 rings (SSSR count). The Morgan fingerprint density at radius 2 is 1.66 bits per heavy atom. The number of Topliss-reactive ketones (excluding diaryl/α,β-unsaturated/α-hetero) is 1. The average molecular weight is 405 g/mol. The van der Waals surface area contributed by atoms with Gasteiger partial charge >= 0.3 is 11.9 Å². The van der Waals surface area contributed by atoms with Crippen molar-refractivity contribution in [2.45, 2.75) is 51.6 Å². The fourth-order valence-electron chi connectivity index (χ4n) is 3.83. The number of nitrogens with one attached hydrogen (secondary N) is 1. The third kappa shape index (κ3) is 7.25. The summed E-state index contributed by atoms with van der Waals surface area (Å²) in [6.45, 7) is 5.87. The Kier molecular flexibility index (Phi) is 8.79. The lowest BCUT2D eigenvalue weighted by molar-refractivity contribution is -0.145. The third-order valence-corrected chi connectivity index (χ3v) is 5.67. The minimum Gasteiger partial charge on any atom is -0.480 e. The second kappa shape index (κ2) is 11.1. The van der Waals surface area contributed by atoms with E-state index in [0.717, 1.165) is 25.8 Å². The van der Waals surface area contributed by atoms with Crippen molar-refractivity contribution in [3.8, 4) is 0 Å². The van der Waals surface area contributed by atoms with Gasteiger partial charge in [-0.3, -0.25) is 19.3 Å². The minimum atomic E-state index is -0.826.